The van der Waals surface area contributed by atoms with Gasteiger partial charge >= 0.3 is 5.97 Å². The molecule has 0 aromatic heterocycles. The zero-order valence-electron chi connectivity index (χ0n) is 13.8. The molecule has 3 rings (SSSR count). The summed E-state index contributed by atoms with van der Waals surface area (Å²) in [5.74, 6) is -1.18. The predicted octanol–water partition coefficient (Wildman–Crippen LogP) is 3.78. The molecule has 0 atom stereocenters. The average Bonchev–Trinajstić information content (AvgIpc) is 2.67. The lowest BCUT2D eigenvalue weighted by atomic mass is 10.1. The number of carboxylic acids is 1. The number of carboxylic acid groups (broad SMARTS) is 1. The van der Waals surface area contributed by atoms with E-state index in [4.69, 9.17) is 0 Å². The fourth-order valence-corrected chi connectivity index (χ4v) is 4.13. The molecule has 0 aliphatic carbocycles. The van der Waals surface area contributed by atoms with E-state index in [0.29, 0.717) is 0 Å². The van der Waals surface area contributed by atoms with Crippen LogP contribution in [-0.2, 0) is 16.6 Å². The maximum absolute atomic E-state index is 13.2. The molecule has 0 spiro atoms. The van der Waals surface area contributed by atoms with E-state index in [-0.39, 0.29) is 22.7 Å². The third-order valence-electron chi connectivity index (χ3n) is 3.90. The van der Waals surface area contributed by atoms with Crippen LogP contribution >= 0.6 is 0 Å². The summed E-state index contributed by atoms with van der Waals surface area (Å²) in [6, 6.07) is 23.2. The molecule has 26 heavy (non-hydrogen) atoms. The number of hydrogen-bond donors (Lipinski definition) is 1. The van der Waals surface area contributed by atoms with Gasteiger partial charge in [0.15, 0.2) is 0 Å². The van der Waals surface area contributed by atoms with Crippen LogP contribution in [0.5, 0.6) is 0 Å². The van der Waals surface area contributed by atoms with Crippen molar-refractivity contribution in [1.82, 2.24) is 0 Å². The molecule has 0 bridgehead atoms. The van der Waals surface area contributed by atoms with E-state index in [0.717, 1.165) is 9.87 Å². The van der Waals surface area contributed by atoms with E-state index in [1.165, 1.54) is 24.3 Å². The topological polar surface area (TPSA) is 74.7 Å². The summed E-state index contributed by atoms with van der Waals surface area (Å²) in [7, 11) is -3.94. The van der Waals surface area contributed by atoms with Crippen LogP contribution in [0.3, 0.4) is 0 Å². The van der Waals surface area contributed by atoms with E-state index < -0.39 is 16.0 Å². The Bertz CT molecular complexity index is 1000. The highest BCUT2D eigenvalue weighted by atomic mass is 32.2. The van der Waals surface area contributed by atoms with Gasteiger partial charge in [0, 0.05) is 0 Å². The number of rotatable bonds is 6. The lowest BCUT2D eigenvalue weighted by molar-refractivity contribution is 0.0697. The van der Waals surface area contributed by atoms with Crippen molar-refractivity contribution in [3.63, 3.8) is 0 Å². The number of aromatic carboxylic acids is 1. The Morgan fingerprint density at radius 3 is 1.96 bits per heavy atom. The maximum Gasteiger partial charge on any atom is 0.337 e. The van der Waals surface area contributed by atoms with Crippen LogP contribution in [0.4, 0.5) is 5.69 Å². The van der Waals surface area contributed by atoms with E-state index in [9.17, 15) is 18.3 Å². The number of carbonyl (C=O) groups is 1. The first-order chi connectivity index (χ1) is 12.5. The lowest BCUT2D eigenvalue weighted by Crippen LogP contribution is -2.32. The van der Waals surface area contributed by atoms with E-state index in [1.807, 2.05) is 18.2 Å². The number of para-hydroxylation sites is 1. The van der Waals surface area contributed by atoms with Gasteiger partial charge in [0.05, 0.1) is 22.7 Å². The second-order valence-electron chi connectivity index (χ2n) is 5.63. The molecule has 6 heteroatoms. The Labute approximate surface area is 152 Å². The second kappa shape index (κ2) is 7.41. The first-order valence-electron chi connectivity index (χ1n) is 7.94. The van der Waals surface area contributed by atoms with Gasteiger partial charge in [0.1, 0.15) is 0 Å². The minimum absolute atomic E-state index is 0.0301. The molecule has 3 aromatic carbocycles. The zero-order valence-corrected chi connectivity index (χ0v) is 14.6. The van der Waals surface area contributed by atoms with Crippen LogP contribution < -0.4 is 4.31 Å². The van der Waals surface area contributed by atoms with E-state index in [1.54, 1.807) is 42.5 Å². The molecule has 0 saturated carbocycles. The predicted molar refractivity (Wildman–Crippen MR) is 99.7 cm³/mol. The Hall–Kier alpha value is -3.12. The summed E-state index contributed by atoms with van der Waals surface area (Å²) in [5.41, 5.74) is 0.822. The van der Waals surface area contributed by atoms with Crippen LogP contribution in [0.2, 0.25) is 0 Å². The van der Waals surface area contributed by atoms with Crippen LogP contribution in [0.1, 0.15) is 15.9 Å². The summed E-state index contributed by atoms with van der Waals surface area (Å²) in [4.78, 5) is 11.7. The molecule has 0 fully saturated rings. The van der Waals surface area contributed by atoms with Crippen molar-refractivity contribution in [1.29, 1.82) is 0 Å². The molecule has 0 radical (unpaired) electrons. The molecular weight excluding hydrogens is 350 g/mol. The summed E-state index contributed by atoms with van der Waals surface area (Å²) < 4.78 is 27.6. The minimum Gasteiger partial charge on any atom is -0.478 e. The summed E-state index contributed by atoms with van der Waals surface area (Å²) in [6.45, 7) is 0.0301. The number of sulfonamides is 1. The molecular formula is C20H17NO4S. The molecule has 0 amide bonds. The Kier molecular flexibility index (Phi) is 5.04. The fraction of sp³-hybridized carbons (Fsp3) is 0.0500. The maximum atomic E-state index is 13.2. The Morgan fingerprint density at radius 2 is 1.35 bits per heavy atom. The van der Waals surface area contributed by atoms with Crippen molar-refractivity contribution in [3.8, 4) is 0 Å². The molecule has 0 heterocycles. The van der Waals surface area contributed by atoms with Gasteiger partial charge in [-0.05, 0) is 29.8 Å². The smallest absolute Gasteiger partial charge is 0.337 e. The van der Waals surface area contributed by atoms with Gasteiger partial charge in [0.25, 0.3) is 10.0 Å². The molecule has 132 valence electrons. The van der Waals surface area contributed by atoms with Crippen molar-refractivity contribution in [2.75, 3.05) is 4.31 Å². The van der Waals surface area contributed by atoms with Crippen molar-refractivity contribution in [2.24, 2.45) is 0 Å². The zero-order chi connectivity index (χ0) is 18.6. The molecule has 0 aliphatic heterocycles. The first-order valence-corrected chi connectivity index (χ1v) is 9.38. The van der Waals surface area contributed by atoms with Gasteiger partial charge in [-0.2, -0.15) is 0 Å². The fourth-order valence-electron chi connectivity index (χ4n) is 2.64. The molecule has 0 aliphatic rings. The van der Waals surface area contributed by atoms with Gasteiger partial charge in [0.2, 0.25) is 0 Å². The highest BCUT2D eigenvalue weighted by molar-refractivity contribution is 7.92. The standard InChI is InChI=1S/C20H17NO4S/c22-20(23)18-13-7-8-14-19(18)21(15-16-9-3-1-4-10-16)26(24,25)17-11-5-2-6-12-17/h1-14H,15H2,(H,22,23). The molecule has 1 N–H and O–H groups in total. The third kappa shape index (κ3) is 3.60. The third-order valence-corrected chi connectivity index (χ3v) is 5.68. The normalized spacial score (nSPS) is 11.1. The Morgan fingerprint density at radius 1 is 0.808 bits per heavy atom. The molecule has 0 saturated heterocycles. The summed E-state index contributed by atoms with van der Waals surface area (Å²) >= 11 is 0. The molecule has 5 nitrogen and oxygen atoms in total. The van der Waals surface area contributed by atoms with Crippen LogP contribution in [-0.4, -0.2) is 19.5 Å². The van der Waals surface area contributed by atoms with Crippen LogP contribution in [0.15, 0.2) is 89.8 Å². The van der Waals surface area contributed by atoms with Gasteiger partial charge in [-0.1, -0.05) is 60.7 Å². The van der Waals surface area contributed by atoms with Crippen LogP contribution in [0.25, 0.3) is 0 Å². The monoisotopic (exact) mass is 367 g/mol. The van der Waals surface area contributed by atoms with Gasteiger partial charge in [-0.15, -0.1) is 0 Å². The number of benzene rings is 3. The number of nitrogens with zero attached hydrogens (tertiary/aromatic N) is 1. The molecule has 0 unspecified atom stereocenters. The van der Waals surface area contributed by atoms with E-state index in [2.05, 4.69) is 0 Å². The molecule has 3 aromatic rings. The quantitative estimate of drug-likeness (QED) is 0.719. The van der Waals surface area contributed by atoms with Crippen molar-refractivity contribution < 1.29 is 18.3 Å². The van der Waals surface area contributed by atoms with Crippen molar-refractivity contribution >= 4 is 21.7 Å². The van der Waals surface area contributed by atoms with E-state index >= 15 is 0 Å². The Balaban J connectivity index is 2.16. The van der Waals surface area contributed by atoms with Crippen molar-refractivity contribution in [3.05, 3.63) is 96.1 Å². The largest absolute Gasteiger partial charge is 0.478 e. The van der Waals surface area contributed by atoms with Gasteiger partial charge in [-0.3, -0.25) is 4.31 Å². The average molecular weight is 367 g/mol. The summed E-state index contributed by atoms with van der Waals surface area (Å²) in [5, 5.41) is 9.50. The van der Waals surface area contributed by atoms with Gasteiger partial charge in [-0.25, -0.2) is 13.2 Å². The van der Waals surface area contributed by atoms with Gasteiger partial charge < -0.3 is 5.11 Å². The number of anilines is 1. The summed E-state index contributed by atoms with van der Waals surface area (Å²) in [6.07, 6.45) is 0. The first kappa shape index (κ1) is 17.7. The highest BCUT2D eigenvalue weighted by Crippen LogP contribution is 2.29. The highest BCUT2D eigenvalue weighted by Gasteiger charge is 2.28. The van der Waals surface area contributed by atoms with Crippen molar-refractivity contribution in [2.45, 2.75) is 11.4 Å². The second-order valence-corrected chi connectivity index (χ2v) is 7.49. The number of hydrogen-bond acceptors (Lipinski definition) is 3. The minimum atomic E-state index is -3.94. The lowest BCUT2D eigenvalue weighted by Gasteiger charge is -2.26. The SMILES string of the molecule is O=C(O)c1ccccc1N(Cc1ccccc1)S(=O)(=O)c1ccccc1. The van der Waals surface area contributed by atoms with Crippen LogP contribution in [0, 0.1) is 0 Å².